The second kappa shape index (κ2) is 6.91. The fourth-order valence-electron chi connectivity index (χ4n) is 3.93. The molecule has 2 aromatic carbocycles. The Morgan fingerprint density at radius 1 is 0.955 bits per heavy atom. The summed E-state index contributed by atoms with van der Waals surface area (Å²) in [5, 5.41) is 0. The number of hydrogen-bond acceptors (Lipinski definition) is 1. The summed E-state index contributed by atoms with van der Waals surface area (Å²) in [5.74, 6) is 0.961. The Morgan fingerprint density at radius 3 is 2.36 bits per heavy atom. The minimum Gasteiger partial charge on any atom is -0.303 e. The van der Waals surface area contributed by atoms with Gasteiger partial charge in [0.25, 0.3) is 0 Å². The van der Waals surface area contributed by atoms with Crippen LogP contribution in [0.5, 0.6) is 0 Å². The van der Waals surface area contributed by atoms with Gasteiger partial charge >= 0.3 is 0 Å². The molecule has 1 aliphatic rings. The third-order valence-electron chi connectivity index (χ3n) is 4.92. The first-order chi connectivity index (χ1) is 10.8. The summed E-state index contributed by atoms with van der Waals surface area (Å²) in [7, 11) is 0. The molecule has 0 radical (unpaired) electrons. The molecule has 0 fully saturated rings. The molecule has 0 spiro atoms. The average molecular weight is 292 g/mol. The zero-order chi connectivity index (χ0) is 15.4. The standard InChI is InChI=1S/C21H24O/c1-2-8-20-18-11-4-3-9-16(18)15-17(10-7-14-22)19-12-5-6-13-21(19)20/h3-6,9,11-14,17,20H,2,7-8,10,15H2,1H3. The van der Waals surface area contributed by atoms with E-state index in [-0.39, 0.29) is 0 Å². The van der Waals surface area contributed by atoms with Crippen molar-refractivity contribution >= 4 is 6.29 Å². The molecular weight excluding hydrogens is 268 g/mol. The van der Waals surface area contributed by atoms with Crippen LogP contribution >= 0.6 is 0 Å². The molecule has 0 aliphatic heterocycles. The molecule has 0 heterocycles. The highest BCUT2D eigenvalue weighted by molar-refractivity contribution is 5.51. The van der Waals surface area contributed by atoms with E-state index in [4.69, 9.17) is 0 Å². The molecule has 0 bridgehead atoms. The predicted octanol–water partition coefficient (Wildman–Crippen LogP) is 5.24. The average Bonchev–Trinajstić information content (AvgIpc) is 2.69. The zero-order valence-electron chi connectivity index (χ0n) is 13.3. The molecule has 0 saturated carbocycles. The van der Waals surface area contributed by atoms with Gasteiger partial charge in [0, 0.05) is 12.3 Å². The third-order valence-corrected chi connectivity index (χ3v) is 4.92. The van der Waals surface area contributed by atoms with Gasteiger partial charge in [0.05, 0.1) is 0 Å². The molecule has 2 unspecified atom stereocenters. The van der Waals surface area contributed by atoms with Crippen molar-refractivity contribution in [2.75, 3.05) is 0 Å². The Bertz CT molecular complexity index is 644. The van der Waals surface area contributed by atoms with Crippen LogP contribution in [0.25, 0.3) is 0 Å². The van der Waals surface area contributed by atoms with Gasteiger partial charge in [-0.15, -0.1) is 0 Å². The van der Waals surface area contributed by atoms with E-state index in [1.807, 2.05) is 0 Å². The van der Waals surface area contributed by atoms with Gasteiger partial charge in [-0.25, -0.2) is 0 Å². The van der Waals surface area contributed by atoms with E-state index in [1.54, 1.807) is 0 Å². The van der Waals surface area contributed by atoms with Crippen LogP contribution in [0.2, 0.25) is 0 Å². The summed E-state index contributed by atoms with van der Waals surface area (Å²) in [5.41, 5.74) is 5.89. The maximum absolute atomic E-state index is 10.9. The van der Waals surface area contributed by atoms with E-state index in [0.29, 0.717) is 18.3 Å². The highest BCUT2D eigenvalue weighted by Gasteiger charge is 2.27. The van der Waals surface area contributed by atoms with Crippen molar-refractivity contribution in [3.63, 3.8) is 0 Å². The predicted molar refractivity (Wildman–Crippen MR) is 91.4 cm³/mol. The number of rotatable bonds is 5. The Hall–Kier alpha value is -1.89. The second-order valence-corrected chi connectivity index (χ2v) is 6.31. The molecule has 1 heteroatoms. The number of carbonyl (C=O) groups excluding carboxylic acids is 1. The Labute approximate surface area is 133 Å². The Morgan fingerprint density at radius 2 is 1.64 bits per heavy atom. The van der Waals surface area contributed by atoms with Crippen molar-refractivity contribution in [3.8, 4) is 0 Å². The van der Waals surface area contributed by atoms with Gasteiger partial charge < -0.3 is 4.79 Å². The van der Waals surface area contributed by atoms with Crippen molar-refractivity contribution in [2.45, 2.75) is 50.9 Å². The molecule has 2 aromatic rings. The molecule has 2 atom stereocenters. The van der Waals surface area contributed by atoms with Crippen molar-refractivity contribution < 1.29 is 4.79 Å². The summed E-state index contributed by atoms with van der Waals surface area (Å²) in [6.45, 7) is 2.26. The van der Waals surface area contributed by atoms with Gasteiger partial charge in [0.1, 0.15) is 6.29 Å². The quantitative estimate of drug-likeness (QED) is 0.689. The molecule has 0 amide bonds. The van der Waals surface area contributed by atoms with Crippen molar-refractivity contribution in [2.24, 2.45) is 0 Å². The van der Waals surface area contributed by atoms with E-state index in [2.05, 4.69) is 55.5 Å². The molecule has 3 rings (SSSR count). The molecule has 22 heavy (non-hydrogen) atoms. The highest BCUT2D eigenvalue weighted by Crippen LogP contribution is 2.42. The van der Waals surface area contributed by atoms with E-state index < -0.39 is 0 Å². The molecule has 1 nitrogen and oxygen atoms in total. The minimum atomic E-state index is 0.462. The van der Waals surface area contributed by atoms with Crippen molar-refractivity contribution in [1.82, 2.24) is 0 Å². The summed E-state index contributed by atoms with van der Waals surface area (Å²) >= 11 is 0. The Balaban J connectivity index is 2.11. The first-order valence-electron chi connectivity index (χ1n) is 8.45. The largest absolute Gasteiger partial charge is 0.303 e. The second-order valence-electron chi connectivity index (χ2n) is 6.31. The number of fused-ring (bicyclic) bond motifs is 2. The number of aldehydes is 1. The number of hydrogen-bond donors (Lipinski definition) is 0. The molecule has 0 N–H and O–H groups in total. The fourth-order valence-corrected chi connectivity index (χ4v) is 3.93. The van der Waals surface area contributed by atoms with Gasteiger partial charge in [-0.05, 0) is 47.4 Å². The first-order valence-corrected chi connectivity index (χ1v) is 8.45. The Kier molecular flexibility index (Phi) is 4.72. The molecule has 0 aromatic heterocycles. The van der Waals surface area contributed by atoms with Crippen LogP contribution in [0, 0.1) is 0 Å². The smallest absolute Gasteiger partial charge is 0.120 e. The van der Waals surface area contributed by atoms with Crippen LogP contribution in [-0.4, -0.2) is 6.29 Å². The lowest BCUT2D eigenvalue weighted by atomic mass is 9.83. The van der Waals surface area contributed by atoms with Crippen LogP contribution < -0.4 is 0 Å². The third kappa shape index (κ3) is 2.85. The van der Waals surface area contributed by atoms with E-state index >= 15 is 0 Å². The summed E-state index contributed by atoms with van der Waals surface area (Å²) in [4.78, 5) is 10.9. The summed E-state index contributed by atoms with van der Waals surface area (Å²) in [6, 6.07) is 17.8. The van der Waals surface area contributed by atoms with Crippen LogP contribution in [0.1, 0.15) is 66.7 Å². The van der Waals surface area contributed by atoms with Crippen LogP contribution in [-0.2, 0) is 11.2 Å². The zero-order valence-corrected chi connectivity index (χ0v) is 13.3. The molecule has 1 aliphatic carbocycles. The van der Waals surface area contributed by atoms with E-state index in [1.165, 1.54) is 35.1 Å². The van der Waals surface area contributed by atoms with Gasteiger partial charge in [0.2, 0.25) is 0 Å². The van der Waals surface area contributed by atoms with Crippen LogP contribution in [0.3, 0.4) is 0 Å². The lowest BCUT2D eigenvalue weighted by molar-refractivity contribution is -0.108. The van der Waals surface area contributed by atoms with Crippen molar-refractivity contribution in [3.05, 3.63) is 70.8 Å². The van der Waals surface area contributed by atoms with Gasteiger partial charge in [-0.2, -0.15) is 0 Å². The van der Waals surface area contributed by atoms with Crippen LogP contribution in [0.4, 0.5) is 0 Å². The van der Waals surface area contributed by atoms with E-state index in [0.717, 1.165) is 19.1 Å². The normalized spacial score (nSPS) is 19.9. The molecular formula is C21H24O. The van der Waals surface area contributed by atoms with E-state index in [9.17, 15) is 4.79 Å². The molecule has 0 saturated heterocycles. The minimum absolute atomic E-state index is 0.462. The fraction of sp³-hybridized carbons (Fsp3) is 0.381. The van der Waals surface area contributed by atoms with Gasteiger partial charge in [-0.1, -0.05) is 61.9 Å². The van der Waals surface area contributed by atoms with Gasteiger partial charge in [0.15, 0.2) is 0 Å². The van der Waals surface area contributed by atoms with Gasteiger partial charge in [-0.3, -0.25) is 0 Å². The number of carbonyl (C=O) groups is 1. The molecule has 114 valence electrons. The highest BCUT2D eigenvalue weighted by atomic mass is 16.1. The topological polar surface area (TPSA) is 17.1 Å². The van der Waals surface area contributed by atoms with Crippen molar-refractivity contribution in [1.29, 1.82) is 0 Å². The number of benzene rings is 2. The first kappa shape index (κ1) is 15.0. The SMILES string of the molecule is CCCC1c2ccccc2CC(CCC=O)c2ccccc21. The van der Waals surface area contributed by atoms with Crippen LogP contribution in [0.15, 0.2) is 48.5 Å². The lowest BCUT2D eigenvalue weighted by Crippen LogP contribution is -2.05. The lowest BCUT2D eigenvalue weighted by Gasteiger charge is -2.21. The monoisotopic (exact) mass is 292 g/mol. The maximum atomic E-state index is 10.9. The summed E-state index contributed by atoms with van der Waals surface area (Å²) < 4.78 is 0. The maximum Gasteiger partial charge on any atom is 0.120 e. The summed E-state index contributed by atoms with van der Waals surface area (Å²) in [6.07, 6.45) is 6.10.